The van der Waals surface area contributed by atoms with Crippen molar-refractivity contribution >= 4 is 0 Å². The molecule has 5 nitrogen and oxygen atoms in total. The maximum absolute atomic E-state index is 5.69. The fourth-order valence-electron chi connectivity index (χ4n) is 1.61. The van der Waals surface area contributed by atoms with E-state index in [9.17, 15) is 0 Å². The van der Waals surface area contributed by atoms with E-state index >= 15 is 0 Å². The summed E-state index contributed by atoms with van der Waals surface area (Å²) in [6.45, 7) is 12.4. The Hall–Kier alpha value is -0.200. The van der Waals surface area contributed by atoms with Crippen LogP contribution in [0.1, 0.15) is 33.6 Å². The van der Waals surface area contributed by atoms with Gasteiger partial charge in [-0.3, -0.25) is 0 Å². The number of rotatable bonds is 16. The maximum atomic E-state index is 5.69. The molecule has 0 heterocycles. The van der Waals surface area contributed by atoms with Crippen molar-refractivity contribution in [3.05, 3.63) is 0 Å². The summed E-state index contributed by atoms with van der Waals surface area (Å²) in [6.07, 6.45) is 2.07. The van der Waals surface area contributed by atoms with Gasteiger partial charge in [0.15, 0.2) is 0 Å². The van der Waals surface area contributed by atoms with Gasteiger partial charge in [0.1, 0.15) is 0 Å². The van der Waals surface area contributed by atoms with Crippen molar-refractivity contribution in [1.82, 2.24) is 0 Å². The van der Waals surface area contributed by atoms with Crippen LogP contribution >= 0.6 is 0 Å². The van der Waals surface area contributed by atoms with Crippen LogP contribution in [0.25, 0.3) is 0 Å². The maximum Gasteiger partial charge on any atom is 0.0701 e. The number of ether oxygens (including phenoxy) is 5. The van der Waals surface area contributed by atoms with Gasteiger partial charge >= 0.3 is 0 Å². The van der Waals surface area contributed by atoms with Crippen LogP contribution in [0, 0.1) is 5.41 Å². The van der Waals surface area contributed by atoms with Gasteiger partial charge in [-0.1, -0.05) is 20.8 Å². The molecule has 0 bridgehead atoms. The van der Waals surface area contributed by atoms with E-state index in [1.165, 1.54) is 0 Å². The minimum atomic E-state index is 0.0529. The Morgan fingerprint density at radius 2 is 1.14 bits per heavy atom. The summed E-state index contributed by atoms with van der Waals surface area (Å²) >= 11 is 0. The zero-order valence-electron chi connectivity index (χ0n) is 14.3. The first-order chi connectivity index (χ1) is 10.2. The summed E-state index contributed by atoms with van der Waals surface area (Å²) in [5.74, 6) is 0. The second-order valence-electron chi connectivity index (χ2n) is 5.49. The minimum Gasteiger partial charge on any atom is -0.382 e. The molecule has 0 rings (SSSR count). The lowest BCUT2D eigenvalue weighted by Crippen LogP contribution is -2.30. The second-order valence-corrected chi connectivity index (χ2v) is 5.49. The molecule has 0 N–H and O–H groups in total. The molecule has 0 aliphatic rings. The summed E-state index contributed by atoms with van der Waals surface area (Å²) in [7, 11) is 1.67. The van der Waals surface area contributed by atoms with E-state index in [-0.39, 0.29) is 5.41 Å². The summed E-state index contributed by atoms with van der Waals surface area (Å²) in [5, 5.41) is 0. The molecular weight excluding hydrogens is 272 g/mol. The Kier molecular flexibility index (Phi) is 14.6. The van der Waals surface area contributed by atoms with Crippen LogP contribution in [0.15, 0.2) is 0 Å². The quantitative estimate of drug-likeness (QED) is 0.410. The third-order valence-electron chi connectivity index (χ3n) is 3.28. The fraction of sp³-hybridized carbons (Fsp3) is 1.00. The lowest BCUT2D eigenvalue weighted by molar-refractivity contribution is -0.0435. The molecule has 0 aliphatic heterocycles. The lowest BCUT2D eigenvalue weighted by atomic mass is 9.90. The van der Waals surface area contributed by atoms with Crippen molar-refractivity contribution in [2.45, 2.75) is 33.6 Å². The Morgan fingerprint density at radius 1 is 0.667 bits per heavy atom. The smallest absolute Gasteiger partial charge is 0.0701 e. The van der Waals surface area contributed by atoms with Gasteiger partial charge in [-0.25, -0.2) is 0 Å². The minimum absolute atomic E-state index is 0.0529. The number of methoxy groups -OCH3 is 1. The first kappa shape index (κ1) is 20.8. The monoisotopic (exact) mass is 306 g/mol. The first-order valence-electron chi connectivity index (χ1n) is 7.98. The van der Waals surface area contributed by atoms with Gasteiger partial charge in [0, 0.05) is 19.1 Å². The van der Waals surface area contributed by atoms with Gasteiger partial charge in [-0.05, 0) is 12.8 Å². The van der Waals surface area contributed by atoms with Crippen molar-refractivity contribution in [2.24, 2.45) is 5.41 Å². The molecule has 0 fully saturated rings. The highest BCUT2D eigenvalue weighted by molar-refractivity contribution is 4.71. The normalized spacial score (nSPS) is 14.3. The molecule has 0 amide bonds. The van der Waals surface area contributed by atoms with Gasteiger partial charge in [0.05, 0.1) is 52.9 Å². The molecule has 0 saturated heterocycles. The van der Waals surface area contributed by atoms with Gasteiger partial charge in [0.2, 0.25) is 0 Å². The molecule has 128 valence electrons. The number of hydrogen-bond donors (Lipinski definition) is 0. The Morgan fingerprint density at radius 3 is 1.62 bits per heavy atom. The Labute approximate surface area is 130 Å². The molecular formula is C16H34O5. The van der Waals surface area contributed by atoms with Crippen LogP contribution in [-0.4, -0.2) is 66.6 Å². The van der Waals surface area contributed by atoms with E-state index in [4.69, 9.17) is 23.7 Å². The third-order valence-corrected chi connectivity index (χ3v) is 3.28. The fourth-order valence-corrected chi connectivity index (χ4v) is 1.61. The highest BCUT2D eigenvalue weighted by Gasteiger charge is 2.22. The standard InChI is InChI=1S/C16H34O5/c1-5-7-18-10-12-20-14-16(3,6-2)15-21-13-11-19-9-8-17-4/h5-15H2,1-4H3. The second kappa shape index (κ2) is 14.7. The molecule has 0 aromatic rings. The topological polar surface area (TPSA) is 46.2 Å². The summed E-state index contributed by atoms with van der Waals surface area (Å²) in [4.78, 5) is 0. The average molecular weight is 306 g/mol. The summed E-state index contributed by atoms with van der Waals surface area (Å²) in [6, 6.07) is 0. The van der Waals surface area contributed by atoms with Gasteiger partial charge in [-0.15, -0.1) is 0 Å². The van der Waals surface area contributed by atoms with Gasteiger partial charge in [0.25, 0.3) is 0 Å². The zero-order valence-corrected chi connectivity index (χ0v) is 14.3. The predicted molar refractivity (Wildman–Crippen MR) is 83.8 cm³/mol. The van der Waals surface area contributed by atoms with Crippen LogP contribution in [0.2, 0.25) is 0 Å². The molecule has 1 atom stereocenters. The SMILES string of the molecule is CCCOCCOCC(C)(CC)COCCOCCOC. The number of hydrogen-bond acceptors (Lipinski definition) is 5. The van der Waals surface area contributed by atoms with E-state index < -0.39 is 0 Å². The van der Waals surface area contributed by atoms with E-state index in [0.29, 0.717) is 52.9 Å². The van der Waals surface area contributed by atoms with Crippen molar-refractivity contribution < 1.29 is 23.7 Å². The molecule has 0 saturated carbocycles. The Bertz CT molecular complexity index is 213. The van der Waals surface area contributed by atoms with Gasteiger partial charge < -0.3 is 23.7 Å². The highest BCUT2D eigenvalue weighted by Crippen LogP contribution is 2.21. The van der Waals surface area contributed by atoms with Crippen molar-refractivity contribution in [2.75, 3.05) is 66.6 Å². The van der Waals surface area contributed by atoms with Crippen LogP contribution in [0.4, 0.5) is 0 Å². The Balaban J connectivity index is 3.55. The van der Waals surface area contributed by atoms with Gasteiger partial charge in [-0.2, -0.15) is 0 Å². The molecule has 0 aromatic heterocycles. The van der Waals surface area contributed by atoms with Crippen molar-refractivity contribution in [3.8, 4) is 0 Å². The zero-order chi connectivity index (χ0) is 15.8. The first-order valence-corrected chi connectivity index (χ1v) is 7.98. The molecule has 0 spiro atoms. The third kappa shape index (κ3) is 13.2. The van der Waals surface area contributed by atoms with Crippen LogP contribution in [-0.2, 0) is 23.7 Å². The predicted octanol–water partition coefficient (Wildman–Crippen LogP) is 2.53. The van der Waals surface area contributed by atoms with E-state index in [2.05, 4.69) is 20.8 Å². The van der Waals surface area contributed by atoms with E-state index in [1.807, 2.05) is 0 Å². The molecule has 1 unspecified atom stereocenters. The summed E-state index contributed by atoms with van der Waals surface area (Å²) in [5.41, 5.74) is 0.0529. The van der Waals surface area contributed by atoms with Crippen molar-refractivity contribution in [3.63, 3.8) is 0 Å². The van der Waals surface area contributed by atoms with Crippen molar-refractivity contribution in [1.29, 1.82) is 0 Å². The largest absolute Gasteiger partial charge is 0.382 e. The lowest BCUT2D eigenvalue weighted by Gasteiger charge is -2.27. The summed E-state index contributed by atoms with van der Waals surface area (Å²) < 4.78 is 27.0. The van der Waals surface area contributed by atoms with Crippen LogP contribution in [0.5, 0.6) is 0 Å². The average Bonchev–Trinajstić information content (AvgIpc) is 2.50. The molecule has 5 heteroatoms. The molecule has 0 aromatic carbocycles. The van der Waals surface area contributed by atoms with E-state index in [0.717, 1.165) is 19.4 Å². The highest BCUT2D eigenvalue weighted by atomic mass is 16.5. The molecule has 0 radical (unpaired) electrons. The molecule has 0 aliphatic carbocycles. The molecule has 21 heavy (non-hydrogen) atoms. The van der Waals surface area contributed by atoms with E-state index in [1.54, 1.807) is 7.11 Å². The van der Waals surface area contributed by atoms with Crippen LogP contribution in [0.3, 0.4) is 0 Å². The van der Waals surface area contributed by atoms with Crippen LogP contribution < -0.4 is 0 Å².